The molecule has 6 nitrogen and oxygen atoms in total. The zero-order valence-electron chi connectivity index (χ0n) is 17.8. The molecule has 0 aliphatic heterocycles. The quantitative estimate of drug-likeness (QED) is 0.440. The number of rotatable bonds is 6. The van der Waals surface area contributed by atoms with Crippen LogP contribution >= 0.6 is 0 Å². The number of aromatic nitrogens is 4. The van der Waals surface area contributed by atoms with Gasteiger partial charge >= 0.3 is 0 Å². The second kappa shape index (κ2) is 8.51. The summed E-state index contributed by atoms with van der Waals surface area (Å²) in [6.07, 6.45) is 6.42. The third kappa shape index (κ3) is 3.90. The number of nitrogens with zero attached hydrogens (tertiary/aromatic N) is 4. The Morgan fingerprint density at radius 1 is 0.938 bits per heavy atom. The zero-order valence-corrected chi connectivity index (χ0v) is 17.8. The Hall–Kier alpha value is -4.19. The van der Waals surface area contributed by atoms with E-state index in [1.165, 1.54) is 0 Å². The molecule has 3 aromatic heterocycles. The predicted molar refractivity (Wildman–Crippen MR) is 125 cm³/mol. The SMILES string of the molecule is Cc1ccccc1-c1nn(-c2ccccc2)cc1C(=O)NCCc1cn2ccccc2n1. The summed E-state index contributed by atoms with van der Waals surface area (Å²) in [6, 6.07) is 23.7. The van der Waals surface area contributed by atoms with Crippen LogP contribution in [0.1, 0.15) is 21.6 Å². The number of fused-ring (bicyclic) bond motifs is 1. The summed E-state index contributed by atoms with van der Waals surface area (Å²) in [7, 11) is 0. The smallest absolute Gasteiger partial charge is 0.255 e. The third-order valence-corrected chi connectivity index (χ3v) is 5.46. The molecule has 1 N–H and O–H groups in total. The fraction of sp³-hybridized carbons (Fsp3) is 0.115. The molecule has 0 unspecified atom stereocenters. The van der Waals surface area contributed by atoms with Crippen LogP contribution in [0, 0.1) is 6.92 Å². The first-order valence-electron chi connectivity index (χ1n) is 10.6. The Morgan fingerprint density at radius 3 is 2.53 bits per heavy atom. The number of hydrogen-bond donors (Lipinski definition) is 1. The van der Waals surface area contributed by atoms with Gasteiger partial charge in [-0.2, -0.15) is 5.10 Å². The molecule has 0 radical (unpaired) electrons. The van der Waals surface area contributed by atoms with Crippen molar-refractivity contribution >= 4 is 11.6 Å². The maximum absolute atomic E-state index is 13.2. The first kappa shape index (κ1) is 19.8. The van der Waals surface area contributed by atoms with Crippen LogP contribution in [0.5, 0.6) is 0 Å². The van der Waals surface area contributed by atoms with Gasteiger partial charge in [0.1, 0.15) is 11.3 Å². The molecule has 0 aliphatic carbocycles. The van der Waals surface area contributed by atoms with Crippen LogP contribution in [-0.2, 0) is 6.42 Å². The van der Waals surface area contributed by atoms with Crippen LogP contribution in [0.3, 0.4) is 0 Å². The van der Waals surface area contributed by atoms with E-state index in [2.05, 4.69) is 10.3 Å². The molecule has 0 bridgehead atoms. The summed E-state index contributed by atoms with van der Waals surface area (Å²) in [4.78, 5) is 17.8. The number of hydrogen-bond acceptors (Lipinski definition) is 3. The largest absolute Gasteiger partial charge is 0.352 e. The standard InChI is InChI=1S/C26H23N5O/c1-19-9-5-6-12-22(19)25-23(18-31(29-25)21-10-3-2-4-11-21)26(32)27-15-14-20-17-30-16-8-7-13-24(30)28-20/h2-13,16-18H,14-15H2,1H3,(H,27,32). The highest BCUT2D eigenvalue weighted by atomic mass is 16.1. The van der Waals surface area contributed by atoms with Gasteiger partial charge in [0.25, 0.3) is 5.91 Å². The summed E-state index contributed by atoms with van der Waals surface area (Å²) >= 11 is 0. The van der Waals surface area contributed by atoms with Crippen LogP contribution in [-0.4, -0.2) is 31.6 Å². The van der Waals surface area contributed by atoms with Crippen LogP contribution in [0.15, 0.2) is 91.4 Å². The fourth-order valence-electron chi connectivity index (χ4n) is 3.80. The van der Waals surface area contributed by atoms with Crippen molar-refractivity contribution in [2.75, 3.05) is 6.54 Å². The maximum Gasteiger partial charge on any atom is 0.255 e. The number of imidazole rings is 1. The Balaban J connectivity index is 1.40. The van der Waals surface area contributed by atoms with Crippen molar-refractivity contribution in [3.8, 4) is 16.9 Å². The molecule has 0 saturated carbocycles. The Morgan fingerprint density at radius 2 is 1.72 bits per heavy atom. The van der Waals surface area contributed by atoms with Gasteiger partial charge in [0.15, 0.2) is 0 Å². The molecule has 3 heterocycles. The normalized spacial score (nSPS) is 11.0. The highest BCUT2D eigenvalue weighted by Gasteiger charge is 2.19. The van der Waals surface area contributed by atoms with Crippen LogP contribution in [0.25, 0.3) is 22.6 Å². The van der Waals surface area contributed by atoms with Crippen molar-refractivity contribution < 1.29 is 4.79 Å². The van der Waals surface area contributed by atoms with Crippen molar-refractivity contribution in [1.29, 1.82) is 0 Å². The predicted octanol–water partition coefficient (Wildman–Crippen LogP) is 4.47. The zero-order chi connectivity index (χ0) is 21.9. The van der Waals surface area contributed by atoms with Gasteiger partial charge in [-0.1, -0.05) is 48.5 Å². The number of para-hydroxylation sites is 1. The van der Waals surface area contributed by atoms with Crippen molar-refractivity contribution in [2.24, 2.45) is 0 Å². The number of carbonyl (C=O) groups excluding carboxylic acids is 1. The Kier molecular flexibility index (Phi) is 5.25. The van der Waals surface area contributed by atoms with E-state index in [1.807, 2.05) is 96.5 Å². The molecule has 0 fully saturated rings. The van der Waals surface area contributed by atoms with E-state index in [-0.39, 0.29) is 5.91 Å². The summed E-state index contributed by atoms with van der Waals surface area (Å²) in [5, 5.41) is 7.81. The number of carbonyl (C=O) groups is 1. The Bertz CT molecular complexity index is 1350. The molecule has 0 spiro atoms. The van der Waals surface area contributed by atoms with E-state index in [4.69, 9.17) is 5.10 Å². The van der Waals surface area contributed by atoms with Crippen LogP contribution in [0.2, 0.25) is 0 Å². The highest BCUT2D eigenvalue weighted by Crippen LogP contribution is 2.26. The van der Waals surface area contributed by atoms with E-state index in [1.54, 1.807) is 10.9 Å². The van der Waals surface area contributed by atoms with Gasteiger partial charge in [0, 0.05) is 37.1 Å². The van der Waals surface area contributed by atoms with E-state index < -0.39 is 0 Å². The van der Waals surface area contributed by atoms with Gasteiger partial charge in [-0.15, -0.1) is 0 Å². The first-order valence-corrected chi connectivity index (χ1v) is 10.6. The minimum Gasteiger partial charge on any atom is -0.352 e. The summed E-state index contributed by atoms with van der Waals surface area (Å²) < 4.78 is 3.75. The second-order valence-corrected chi connectivity index (χ2v) is 7.69. The summed E-state index contributed by atoms with van der Waals surface area (Å²) in [5.41, 5.74) is 6.01. The van der Waals surface area contributed by atoms with Gasteiger partial charge in [-0.3, -0.25) is 4.79 Å². The van der Waals surface area contributed by atoms with E-state index >= 15 is 0 Å². The number of amides is 1. The molecule has 6 heteroatoms. The minimum atomic E-state index is -0.144. The minimum absolute atomic E-state index is 0.144. The molecule has 0 saturated heterocycles. The van der Waals surface area contributed by atoms with Gasteiger partial charge in [0.05, 0.1) is 16.9 Å². The lowest BCUT2D eigenvalue weighted by Crippen LogP contribution is -2.26. The first-order chi connectivity index (χ1) is 15.7. The molecular formula is C26H23N5O. The van der Waals surface area contributed by atoms with Gasteiger partial charge in [-0.05, 0) is 36.8 Å². The lowest BCUT2D eigenvalue weighted by atomic mass is 10.0. The molecule has 158 valence electrons. The van der Waals surface area contributed by atoms with E-state index in [0.29, 0.717) is 24.2 Å². The van der Waals surface area contributed by atoms with Crippen LogP contribution < -0.4 is 5.32 Å². The maximum atomic E-state index is 13.2. The van der Waals surface area contributed by atoms with E-state index in [9.17, 15) is 4.79 Å². The van der Waals surface area contributed by atoms with Crippen molar-refractivity contribution in [2.45, 2.75) is 13.3 Å². The molecule has 0 atom stereocenters. The molecule has 2 aromatic carbocycles. The Labute approximate surface area is 186 Å². The summed E-state index contributed by atoms with van der Waals surface area (Å²) in [6.45, 7) is 2.52. The van der Waals surface area contributed by atoms with Gasteiger partial charge in [0.2, 0.25) is 0 Å². The molecule has 5 rings (SSSR count). The molecule has 32 heavy (non-hydrogen) atoms. The number of aryl methyl sites for hydroxylation is 1. The molecule has 5 aromatic rings. The van der Waals surface area contributed by atoms with Crippen molar-refractivity contribution in [3.05, 3.63) is 108 Å². The molecular weight excluding hydrogens is 398 g/mol. The fourth-order valence-corrected chi connectivity index (χ4v) is 3.80. The third-order valence-electron chi connectivity index (χ3n) is 5.46. The number of benzene rings is 2. The highest BCUT2D eigenvalue weighted by molar-refractivity contribution is 6.00. The van der Waals surface area contributed by atoms with Gasteiger partial charge < -0.3 is 9.72 Å². The van der Waals surface area contributed by atoms with Crippen LogP contribution in [0.4, 0.5) is 0 Å². The second-order valence-electron chi connectivity index (χ2n) is 7.69. The van der Waals surface area contributed by atoms with Gasteiger partial charge in [-0.25, -0.2) is 9.67 Å². The number of pyridine rings is 1. The van der Waals surface area contributed by atoms with Crippen molar-refractivity contribution in [1.82, 2.24) is 24.5 Å². The summed E-state index contributed by atoms with van der Waals surface area (Å²) in [5.74, 6) is -0.144. The van der Waals surface area contributed by atoms with E-state index in [0.717, 1.165) is 28.2 Å². The average molecular weight is 422 g/mol. The average Bonchev–Trinajstić information content (AvgIpc) is 3.44. The monoisotopic (exact) mass is 421 g/mol. The van der Waals surface area contributed by atoms with Crippen molar-refractivity contribution in [3.63, 3.8) is 0 Å². The number of nitrogens with one attached hydrogen (secondary N) is 1. The molecule has 1 amide bonds. The lowest BCUT2D eigenvalue weighted by Gasteiger charge is -2.06. The topological polar surface area (TPSA) is 64.2 Å². The molecule has 0 aliphatic rings. The lowest BCUT2D eigenvalue weighted by molar-refractivity contribution is 0.0954.